The molecule has 0 amide bonds. The highest BCUT2D eigenvalue weighted by Gasteiger charge is 2.14. The van der Waals surface area contributed by atoms with E-state index in [1.165, 1.54) is 16.0 Å². The average Bonchev–Trinajstić information content (AvgIpc) is 2.80. The molecule has 1 aromatic rings. The molecule has 1 N–H and O–H groups in total. The lowest BCUT2D eigenvalue weighted by atomic mass is 10.1. The summed E-state index contributed by atoms with van der Waals surface area (Å²) in [7, 11) is 0. The summed E-state index contributed by atoms with van der Waals surface area (Å²) in [5.74, 6) is 0. The van der Waals surface area contributed by atoms with Gasteiger partial charge in [-0.2, -0.15) is 0 Å². The number of benzene rings is 1. The fourth-order valence-corrected chi connectivity index (χ4v) is 2.65. The van der Waals surface area contributed by atoms with Crippen LogP contribution in [0.15, 0.2) is 23.1 Å². The van der Waals surface area contributed by atoms with Crippen molar-refractivity contribution in [2.45, 2.75) is 30.8 Å². The van der Waals surface area contributed by atoms with Crippen LogP contribution in [0.25, 0.3) is 0 Å². The van der Waals surface area contributed by atoms with Gasteiger partial charge >= 0.3 is 0 Å². The monoisotopic (exact) mass is 237 g/mol. The fraction of sp³-hybridized carbons (Fsp3) is 0.538. The second-order valence-corrected chi connectivity index (χ2v) is 5.10. The number of ether oxygens (including phenoxy) is 1. The minimum Gasteiger partial charge on any atom is -0.380 e. The van der Waals surface area contributed by atoms with Gasteiger partial charge in [-0.3, -0.25) is 0 Å². The van der Waals surface area contributed by atoms with Crippen LogP contribution in [-0.4, -0.2) is 25.5 Å². The summed E-state index contributed by atoms with van der Waals surface area (Å²) in [5, 5.41) is 3.55. The molecule has 3 heteroatoms. The van der Waals surface area contributed by atoms with Crippen LogP contribution in [0, 0.1) is 6.92 Å². The third-order valence-electron chi connectivity index (χ3n) is 2.95. The standard InChI is InChI=1S/C13H19NOS/c1-10-3-4-11(13(7-10)16-2)8-14-12-5-6-15-9-12/h3-4,7,12,14H,5-6,8-9H2,1-2H3. The van der Waals surface area contributed by atoms with Crippen molar-refractivity contribution in [3.05, 3.63) is 29.3 Å². The van der Waals surface area contributed by atoms with Gasteiger partial charge in [-0.1, -0.05) is 12.1 Å². The smallest absolute Gasteiger partial charge is 0.0620 e. The Morgan fingerprint density at radius 1 is 1.50 bits per heavy atom. The summed E-state index contributed by atoms with van der Waals surface area (Å²) in [6.45, 7) is 4.85. The Kier molecular flexibility index (Phi) is 4.27. The first kappa shape index (κ1) is 12.0. The molecular formula is C13H19NOS. The van der Waals surface area contributed by atoms with Crippen LogP contribution in [0.2, 0.25) is 0 Å². The van der Waals surface area contributed by atoms with Gasteiger partial charge in [-0.15, -0.1) is 11.8 Å². The summed E-state index contributed by atoms with van der Waals surface area (Å²) in [6.07, 6.45) is 3.28. The van der Waals surface area contributed by atoms with Gasteiger partial charge in [0.25, 0.3) is 0 Å². The summed E-state index contributed by atoms with van der Waals surface area (Å²) in [6, 6.07) is 7.20. The van der Waals surface area contributed by atoms with E-state index in [4.69, 9.17) is 4.74 Å². The molecule has 0 saturated carbocycles. The maximum Gasteiger partial charge on any atom is 0.0620 e. The summed E-state index contributed by atoms with van der Waals surface area (Å²) < 4.78 is 5.35. The van der Waals surface area contributed by atoms with E-state index >= 15 is 0 Å². The van der Waals surface area contributed by atoms with Crippen molar-refractivity contribution in [1.29, 1.82) is 0 Å². The van der Waals surface area contributed by atoms with Crippen molar-refractivity contribution in [1.82, 2.24) is 5.32 Å². The Labute approximate surface area is 102 Å². The lowest BCUT2D eigenvalue weighted by Gasteiger charge is -2.13. The zero-order valence-corrected chi connectivity index (χ0v) is 10.8. The van der Waals surface area contributed by atoms with Gasteiger partial charge in [0, 0.05) is 24.1 Å². The van der Waals surface area contributed by atoms with E-state index in [9.17, 15) is 0 Å². The van der Waals surface area contributed by atoms with Crippen LogP contribution < -0.4 is 5.32 Å². The fourth-order valence-electron chi connectivity index (χ4n) is 1.95. The molecule has 1 unspecified atom stereocenters. The molecule has 1 saturated heterocycles. The first-order chi connectivity index (χ1) is 7.79. The molecule has 1 aliphatic rings. The molecule has 88 valence electrons. The topological polar surface area (TPSA) is 21.3 Å². The molecule has 0 aliphatic carbocycles. The molecule has 2 rings (SSSR count). The van der Waals surface area contributed by atoms with Gasteiger partial charge in [0.05, 0.1) is 6.61 Å². The second kappa shape index (κ2) is 5.71. The van der Waals surface area contributed by atoms with Gasteiger partial charge in [0.15, 0.2) is 0 Å². The van der Waals surface area contributed by atoms with Crippen molar-refractivity contribution in [3.63, 3.8) is 0 Å². The van der Waals surface area contributed by atoms with E-state index in [1.54, 1.807) is 0 Å². The van der Waals surface area contributed by atoms with Crippen LogP contribution in [0.3, 0.4) is 0 Å². The first-order valence-electron chi connectivity index (χ1n) is 5.74. The molecule has 1 fully saturated rings. The second-order valence-electron chi connectivity index (χ2n) is 4.26. The molecule has 1 heterocycles. The highest BCUT2D eigenvalue weighted by atomic mass is 32.2. The zero-order chi connectivity index (χ0) is 11.4. The van der Waals surface area contributed by atoms with Crippen LogP contribution in [0.1, 0.15) is 17.5 Å². The average molecular weight is 237 g/mol. The Bertz CT molecular complexity index is 348. The summed E-state index contributed by atoms with van der Waals surface area (Å²) in [5.41, 5.74) is 2.72. The third-order valence-corrected chi connectivity index (χ3v) is 3.77. The van der Waals surface area contributed by atoms with Gasteiger partial charge in [0.1, 0.15) is 0 Å². The minimum absolute atomic E-state index is 0.538. The van der Waals surface area contributed by atoms with E-state index < -0.39 is 0 Å². The summed E-state index contributed by atoms with van der Waals surface area (Å²) in [4.78, 5) is 1.38. The Hall–Kier alpha value is -0.510. The SMILES string of the molecule is CSc1cc(C)ccc1CNC1CCOC1. The molecule has 0 bridgehead atoms. The number of aryl methyl sites for hydroxylation is 1. The van der Waals surface area contributed by atoms with Crippen molar-refractivity contribution >= 4 is 11.8 Å². The number of nitrogens with one attached hydrogen (secondary N) is 1. The van der Waals surface area contributed by atoms with E-state index in [2.05, 4.69) is 36.7 Å². The van der Waals surface area contributed by atoms with Crippen LogP contribution >= 0.6 is 11.8 Å². The van der Waals surface area contributed by atoms with E-state index in [0.717, 1.165) is 26.2 Å². The van der Waals surface area contributed by atoms with Crippen LogP contribution in [-0.2, 0) is 11.3 Å². The molecule has 1 atom stereocenters. The van der Waals surface area contributed by atoms with E-state index in [-0.39, 0.29) is 0 Å². The van der Waals surface area contributed by atoms with Crippen molar-refractivity contribution < 1.29 is 4.74 Å². The molecule has 0 radical (unpaired) electrons. The van der Waals surface area contributed by atoms with Crippen LogP contribution in [0.4, 0.5) is 0 Å². The highest BCUT2D eigenvalue weighted by molar-refractivity contribution is 7.98. The number of hydrogen-bond donors (Lipinski definition) is 1. The molecule has 1 aromatic carbocycles. The van der Waals surface area contributed by atoms with Crippen LogP contribution in [0.5, 0.6) is 0 Å². The van der Waals surface area contributed by atoms with Gasteiger partial charge < -0.3 is 10.1 Å². The molecule has 0 aromatic heterocycles. The van der Waals surface area contributed by atoms with Crippen molar-refractivity contribution in [2.75, 3.05) is 19.5 Å². The number of hydrogen-bond acceptors (Lipinski definition) is 3. The maximum atomic E-state index is 5.35. The third kappa shape index (κ3) is 3.00. The predicted molar refractivity (Wildman–Crippen MR) is 69.0 cm³/mol. The number of thioether (sulfide) groups is 1. The molecule has 0 spiro atoms. The summed E-state index contributed by atoms with van der Waals surface area (Å²) >= 11 is 1.82. The highest BCUT2D eigenvalue weighted by Crippen LogP contribution is 2.22. The zero-order valence-electron chi connectivity index (χ0n) is 9.95. The van der Waals surface area contributed by atoms with Crippen molar-refractivity contribution in [3.8, 4) is 0 Å². The van der Waals surface area contributed by atoms with Gasteiger partial charge in [-0.25, -0.2) is 0 Å². The lowest BCUT2D eigenvalue weighted by molar-refractivity contribution is 0.190. The largest absolute Gasteiger partial charge is 0.380 e. The maximum absolute atomic E-state index is 5.35. The normalized spacial score (nSPS) is 20.2. The quantitative estimate of drug-likeness (QED) is 0.813. The van der Waals surface area contributed by atoms with E-state index in [0.29, 0.717) is 6.04 Å². The Morgan fingerprint density at radius 3 is 3.06 bits per heavy atom. The van der Waals surface area contributed by atoms with Gasteiger partial charge in [0.2, 0.25) is 0 Å². The lowest BCUT2D eigenvalue weighted by Crippen LogP contribution is -2.28. The first-order valence-corrected chi connectivity index (χ1v) is 6.96. The molecule has 16 heavy (non-hydrogen) atoms. The van der Waals surface area contributed by atoms with Gasteiger partial charge in [-0.05, 0) is 36.8 Å². The molecule has 1 aliphatic heterocycles. The number of rotatable bonds is 4. The van der Waals surface area contributed by atoms with Crippen molar-refractivity contribution in [2.24, 2.45) is 0 Å². The minimum atomic E-state index is 0.538. The Morgan fingerprint density at radius 2 is 2.38 bits per heavy atom. The molecular weight excluding hydrogens is 218 g/mol. The predicted octanol–water partition coefficient (Wildman–Crippen LogP) is 2.60. The molecule has 2 nitrogen and oxygen atoms in total. The van der Waals surface area contributed by atoms with E-state index in [1.807, 2.05) is 11.8 Å². The Balaban J connectivity index is 1.97.